The largest absolute Gasteiger partial charge is 0.504 e. The lowest BCUT2D eigenvalue weighted by Gasteiger charge is -2.23. The van der Waals surface area contributed by atoms with E-state index >= 15 is 0 Å². The fourth-order valence-electron chi connectivity index (χ4n) is 2.36. The second kappa shape index (κ2) is 6.07. The Morgan fingerprint density at radius 3 is 3.00 bits per heavy atom. The third kappa shape index (κ3) is 3.15. The Hall–Kier alpha value is -1.26. The van der Waals surface area contributed by atoms with Gasteiger partial charge in [0.1, 0.15) is 0 Å². The highest BCUT2D eigenvalue weighted by Crippen LogP contribution is 2.27. The van der Waals surface area contributed by atoms with E-state index in [1.807, 2.05) is 19.1 Å². The fraction of sp³-hybridized carbons (Fsp3) is 0.571. The highest BCUT2D eigenvalue weighted by molar-refractivity contribution is 5.41. The zero-order valence-corrected chi connectivity index (χ0v) is 11.1. The van der Waals surface area contributed by atoms with Crippen LogP contribution in [0.4, 0.5) is 0 Å². The van der Waals surface area contributed by atoms with Crippen LogP contribution in [0.3, 0.4) is 0 Å². The summed E-state index contributed by atoms with van der Waals surface area (Å²) in [6.07, 6.45) is 1.20. The molecule has 1 aliphatic heterocycles. The Bertz CT molecular complexity index is 389. The number of hydrogen-bond donors (Lipinski definition) is 2. The molecule has 4 heteroatoms. The van der Waals surface area contributed by atoms with Crippen molar-refractivity contribution in [2.45, 2.75) is 25.9 Å². The number of aromatic hydroxyl groups is 1. The minimum Gasteiger partial charge on any atom is -0.504 e. The van der Waals surface area contributed by atoms with Gasteiger partial charge in [0.05, 0.1) is 6.61 Å². The molecular weight excluding hydrogens is 228 g/mol. The summed E-state index contributed by atoms with van der Waals surface area (Å²) in [5.41, 5.74) is 1.17. The van der Waals surface area contributed by atoms with Crippen LogP contribution in [0.5, 0.6) is 11.5 Å². The highest BCUT2D eigenvalue weighted by Gasteiger charge is 2.19. The summed E-state index contributed by atoms with van der Waals surface area (Å²) in [4.78, 5) is 2.35. The summed E-state index contributed by atoms with van der Waals surface area (Å²) in [6, 6.07) is 6.20. The normalized spacial score (nSPS) is 19.4. The predicted octanol–water partition coefficient (Wildman–Crippen LogP) is 1.58. The minimum atomic E-state index is 0.214. The molecule has 0 amide bonds. The van der Waals surface area contributed by atoms with Gasteiger partial charge in [-0.15, -0.1) is 0 Å². The van der Waals surface area contributed by atoms with E-state index in [-0.39, 0.29) is 5.75 Å². The first-order valence-corrected chi connectivity index (χ1v) is 6.56. The Labute approximate surface area is 109 Å². The number of nitrogens with zero attached hydrogens (tertiary/aromatic N) is 1. The minimum absolute atomic E-state index is 0.214. The van der Waals surface area contributed by atoms with Crippen LogP contribution in [0.2, 0.25) is 0 Å². The van der Waals surface area contributed by atoms with E-state index < -0.39 is 0 Å². The molecule has 2 N–H and O–H groups in total. The number of benzene rings is 1. The van der Waals surface area contributed by atoms with Crippen molar-refractivity contribution in [3.05, 3.63) is 23.8 Å². The molecule has 0 radical (unpaired) electrons. The maximum absolute atomic E-state index is 9.66. The standard InChI is InChI=1S/C14H22N2O2/c1-3-18-14-8-11(4-5-13(14)17)10-16(2)12-6-7-15-9-12/h4-5,8,12,15,17H,3,6-7,9-10H2,1-2H3. The molecule has 0 bridgehead atoms. The Morgan fingerprint density at radius 1 is 1.50 bits per heavy atom. The first kappa shape index (κ1) is 13.2. The molecule has 1 aliphatic rings. The van der Waals surface area contributed by atoms with Crippen molar-refractivity contribution in [3.8, 4) is 11.5 Å². The van der Waals surface area contributed by atoms with Crippen LogP contribution in [-0.4, -0.2) is 42.8 Å². The molecule has 1 atom stereocenters. The third-order valence-electron chi connectivity index (χ3n) is 3.41. The van der Waals surface area contributed by atoms with Gasteiger partial charge in [-0.3, -0.25) is 4.90 Å². The summed E-state index contributed by atoms with van der Waals surface area (Å²) in [6.45, 7) is 5.54. The van der Waals surface area contributed by atoms with Crippen molar-refractivity contribution >= 4 is 0 Å². The number of phenolic OH excluding ortho intramolecular Hbond substituents is 1. The average Bonchev–Trinajstić information content (AvgIpc) is 2.87. The van der Waals surface area contributed by atoms with Gasteiger partial charge in [0, 0.05) is 19.1 Å². The second-order valence-corrected chi connectivity index (χ2v) is 4.80. The molecule has 0 aromatic heterocycles. The monoisotopic (exact) mass is 250 g/mol. The quantitative estimate of drug-likeness (QED) is 0.833. The van der Waals surface area contributed by atoms with Gasteiger partial charge in [-0.25, -0.2) is 0 Å². The molecule has 100 valence electrons. The SMILES string of the molecule is CCOc1cc(CN(C)C2CCNC2)ccc1O. The Kier molecular flexibility index (Phi) is 4.44. The van der Waals surface area contributed by atoms with Crippen LogP contribution in [0.15, 0.2) is 18.2 Å². The Balaban J connectivity index is 2.01. The molecule has 1 heterocycles. The third-order valence-corrected chi connectivity index (χ3v) is 3.41. The van der Waals surface area contributed by atoms with Gasteiger partial charge in [-0.2, -0.15) is 0 Å². The molecular formula is C14H22N2O2. The van der Waals surface area contributed by atoms with Crippen LogP contribution in [0.25, 0.3) is 0 Å². The van der Waals surface area contributed by atoms with Gasteiger partial charge in [-0.1, -0.05) is 6.07 Å². The first-order valence-electron chi connectivity index (χ1n) is 6.56. The summed E-state index contributed by atoms with van der Waals surface area (Å²) in [5, 5.41) is 13.0. The summed E-state index contributed by atoms with van der Waals surface area (Å²) < 4.78 is 5.40. The number of phenols is 1. The molecule has 18 heavy (non-hydrogen) atoms. The van der Waals surface area contributed by atoms with Gasteiger partial charge >= 0.3 is 0 Å². The predicted molar refractivity (Wildman–Crippen MR) is 72.0 cm³/mol. The highest BCUT2D eigenvalue weighted by atomic mass is 16.5. The van der Waals surface area contributed by atoms with E-state index in [1.165, 1.54) is 12.0 Å². The van der Waals surface area contributed by atoms with Crippen LogP contribution in [0, 0.1) is 0 Å². The fourth-order valence-corrected chi connectivity index (χ4v) is 2.36. The Morgan fingerprint density at radius 2 is 2.33 bits per heavy atom. The second-order valence-electron chi connectivity index (χ2n) is 4.80. The van der Waals surface area contributed by atoms with E-state index in [9.17, 15) is 5.11 Å². The molecule has 1 unspecified atom stereocenters. The topological polar surface area (TPSA) is 44.7 Å². The maximum atomic E-state index is 9.66. The van der Waals surface area contributed by atoms with E-state index in [1.54, 1.807) is 6.07 Å². The molecule has 2 rings (SSSR count). The van der Waals surface area contributed by atoms with Crippen molar-refractivity contribution in [1.29, 1.82) is 0 Å². The summed E-state index contributed by atoms with van der Waals surface area (Å²) in [5.74, 6) is 0.790. The van der Waals surface area contributed by atoms with E-state index in [4.69, 9.17) is 4.74 Å². The molecule has 4 nitrogen and oxygen atoms in total. The lowest BCUT2D eigenvalue weighted by atomic mass is 10.1. The number of nitrogens with one attached hydrogen (secondary N) is 1. The molecule has 0 saturated carbocycles. The number of rotatable bonds is 5. The molecule has 1 aromatic carbocycles. The first-order chi connectivity index (χ1) is 8.70. The van der Waals surface area contributed by atoms with Gasteiger partial charge < -0.3 is 15.2 Å². The van der Waals surface area contributed by atoms with Gasteiger partial charge in [0.25, 0.3) is 0 Å². The lowest BCUT2D eigenvalue weighted by Crippen LogP contribution is -2.32. The van der Waals surface area contributed by atoms with Crippen LogP contribution >= 0.6 is 0 Å². The van der Waals surface area contributed by atoms with Crippen LogP contribution in [-0.2, 0) is 6.54 Å². The zero-order chi connectivity index (χ0) is 13.0. The molecule has 1 aromatic rings. The number of likely N-dealkylation sites (N-methyl/N-ethyl adjacent to an activating group) is 1. The average molecular weight is 250 g/mol. The zero-order valence-electron chi connectivity index (χ0n) is 11.1. The van der Waals surface area contributed by atoms with Gasteiger partial charge in [0.15, 0.2) is 11.5 Å². The van der Waals surface area contributed by atoms with Crippen LogP contribution < -0.4 is 10.1 Å². The molecule has 1 saturated heterocycles. The van der Waals surface area contributed by atoms with Crippen molar-refractivity contribution in [2.24, 2.45) is 0 Å². The van der Waals surface area contributed by atoms with E-state index in [2.05, 4.69) is 17.3 Å². The molecule has 1 fully saturated rings. The lowest BCUT2D eigenvalue weighted by molar-refractivity contribution is 0.248. The van der Waals surface area contributed by atoms with Crippen molar-refractivity contribution in [2.75, 3.05) is 26.7 Å². The van der Waals surface area contributed by atoms with Crippen molar-refractivity contribution < 1.29 is 9.84 Å². The smallest absolute Gasteiger partial charge is 0.161 e. The van der Waals surface area contributed by atoms with Crippen molar-refractivity contribution in [1.82, 2.24) is 10.2 Å². The van der Waals surface area contributed by atoms with Crippen molar-refractivity contribution in [3.63, 3.8) is 0 Å². The van der Waals surface area contributed by atoms with Gasteiger partial charge in [0.2, 0.25) is 0 Å². The van der Waals surface area contributed by atoms with E-state index in [0.29, 0.717) is 18.4 Å². The maximum Gasteiger partial charge on any atom is 0.161 e. The van der Waals surface area contributed by atoms with Crippen LogP contribution in [0.1, 0.15) is 18.9 Å². The van der Waals surface area contributed by atoms with E-state index in [0.717, 1.165) is 19.6 Å². The molecule has 0 spiro atoms. The summed E-state index contributed by atoms with van der Waals surface area (Å²) >= 11 is 0. The van der Waals surface area contributed by atoms with Gasteiger partial charge in [-0.05, 0) is 44.6 Å². The number of hydrogen-bond acceptors (Lipinski definition) is 4. The summed E-state index contributed by atoms with van der Waals surface area (Å²) in [7, 11) is 2.14. The number of ether oxygens (including phenoxy) is 1. The molecule has 0 aliphatic carbocycles.